The highest BCUT2D eigenvalue weighted by molar-refractivity contribution is 4.76. The van der Waals surface area contributed by atoms with Crippen LogP contribution in [-0.2, 0) is 4.74 Å². The predicted molar refractivity (Wildman–Crippen MR) is 75.9 cm³/mol. The minimum absolute atomic E-state index is 0.718. The van der Waals surface area contributed by atoms with E-state index in [4.69, 9.17) is 4.74 Å². The lowest BCUT2D eigenvalue weighted by atomic mass is 9.84. The summed E-state index contributed by atoms with van der Waals surface area (Å²) >= 11 is 0. The third-order valence-electron chi connectivity index (χ3n) is 4.58. The molecule has 2 rings (SSSR count). The SMILES string of the molecule is CC(NCCCN1CCOCC1)C1CCCCC1. The van der Waals surface area contributed by atoms with Crippen LogP contribution in [0.1, 0.15) is 45.4 Å². The minimum atomic E-state index is 0.718. The number of hydrogen-bond donors (Lipinski definition) is 1. The first-order valence-corrected chi connectivity index (χ1v) is 7.90. The third kappa shape index (κ3) is 4.87. The molecule has 1 saturated carbocycles. The van der Waals surface area contributed by atoms with Crippen molar-refractivity contribution in [2.45, 2.75) is 51.5 Å². The van der Waals surface area contributed by atoms with Crippen molar-refractivity contribution in [3.8, 4) is 0 Å². The second-order valence-corrected chi connectivity index (χ2v) is 5.95. The predicted octanol–water partition coefficient (Wildman–Crippen LogP) is 2.27. The van der Waals surface area contributed by atoms with Crippen LogP contribution >= 0.6 is 0 Å². The first kappa shape index (κ1) is 14.3. The molecule has 2 fully saturated rings. The molecule has 1 N–H and O–H groups in total. The molecule has 3 heteroatoms. The zero-order chi connectivity index (χ0) is 12.6. The number of nitrogens with zero attached hydrogens (tertiary/aromatic N) is 1. The second-order valence-electron chi connectivity index (χ2n) is 5.95. The van der Waals surface area contributed by atoms with Gasteiger partial charge >= 0.3 is 0 Å². The lowest BCUT2D eigenvalue weighted by molar-refractivity contribution is 0.0373. The van der Waals surface area contributed by atoms with E-state index in [1.54, 1.807) is 0 Å². The molecule has 3 nitrogen and oxygen atoms in total. The van der Waals surface area contributed by atoms with E-state index < -0.39 is 0 Å². The number of morpholine rings is 1. The molecule has 0 amide bonds. The van der Waals surface area contributed by atoms with Gasteiger partial charge in [0.25, 0.3) is 0 Å². The van der Waals surface area contributed by atoms with Crippen LogP contribution in [0.25, 0.3) is 0 Å². The van der Waals surface area contributed by atoms with Crippen molar-refractivity contribution in [2.24, 2.45) is 5.92 Å². The molecule has 1 unspecified atom stereocenters. The fraction of sp³-hybridized carbons (Fsp3) is 1.00. The van der Waals surface area contributed by atoms with Gasteiger partial charge in [-0.3, -0.25) is 4.90 Å². The van der Waals surface area contributed by atoms with Gasteiger partial charge in [-0.15, -0.1) is 0 Å². The van der Waals surface area contributed by atoms with Crippen molar-refractivity contribution in [1.82, 2.24) is 10.2 Å². The van der Waals surface area contributed by atoms with Crippen LogP contribution < -0.4 is 5.32 Å². The van der Waals surface area contributed by atoms with Crippen molar-refractivity contribution in [1.29, 1.82) is 0 Å². The molecule has 0 bridgehead atoms. The lowest BCUT2D eigenvalue weighted by Crippen LogP contribution is -2.39. The molecule has 0 aromatic carbocycles. The topological polar surface area (TPSA) is 24.5 Å². The largest absolute Gasteiger partial charge is 0.379 e. The van der Waals surface area contributed by atoms with E-state index in [1.165, 1.54) is 51.6 Å². The summed E-state index contributed by atoms with van der Waals surface area (Å²) in [7, 11) is 0. The van der Waals surface area contributed by atoms with Crippen molar-refractivity contribution in [3.05, 3.63) is 0 Å². The zero-order valence-electron chi connectivity index (χ0n) is 12.0. The molecule has 0 spiro atoms. The first-order valence-electron chi connectivity index (χ1n) is 7.90. The Bertz CT molecular complexity index is 211. The summed E-state index contributed by atoms with van der Waals surface area (Å²) in [6.07, 6.45) is 8.52. The van der Waals surface area contributed by atoms with Crippen LogP contribution in [0, 0.1) is 5.92 Å². The average molecular weight is 254 g/mol. The van der Waals surface area contributed by atoms with Gasteiger partial charge in [-0.25, -0.2) is 0 Å². The summed E-state index contributed by atoms with van der Waals surface area (Å²) in [5.41, 5.74) is 0. The van der Waals surface area contributed by atoms with Crippen molar-refractivity contribution in [3.63, 3.8) is 0 Å². The highest BCUT2D eigenvalue weighted by Crippen LogP contribution is 2.26. The van der Waals surface area contributed by atoms with E-state index in [-0.39, 0.29) is 0 Å². The molecule has 2 aliphatic rings. The van der Waals surface area contributed by atoms with Crippen molar-refractivity contribution in [2.75, 3.05) is 39.4 Å². The summed E-state index contributed by atoms with van der Waals surface area (Å²) in [6.45, 7) is 8.88. The van der Waals surface area contributed by atoms with E-state index in [0.717, 1.165) is 38.3 Å². The molecule has 18 heavy (non-hydrogen) atoms. The van der Waals surface area contributed by atoms with Gasteiger partial charge in [0.15, 0.2) is 0 Å². The van der Waals surface area contributed by atoms with Crippen LogP contribution in [0.4, 0.5) is 0 Å². The lowest BCUT2D eigenvalue weighted by Gasteiger charge is -2.29. The van der Waals surface area contributed by atoms with Gasteiger partial charge in [0, 0.05) is 19.1 Å². The molecular formula is C15H30N2O. The van der Waals surface area contributed by atoms with Gasteiger partial charge in [-0.2, -0.15) is 0 Å². The summed E-state index contributed by atoms with van der Waals surface area (Å²) in [5, 5.41) is 3.73. The molecule has 0 aromatic rings. The van der Waals surface area contributed by atoms with Gasteiger partial charge < -0.3 is 10.1 Å². The molecule has 0 radical (unpaired) electrons. The van der Waals surface area contributed by atoms with Crippen molar-refractivity contribution >= 4 is 0 Å². The fourth-order valence-corrected chi connectivity index (χ4v) is 3.26. The maximum atomic E-state index is 5.37. The maximum Gasteiger partial charge on any atom is 0.0594 e. The molecule has 1 aliphatic carbocycles. The van der Waals surface area contributed by atoms with E-state index in [0.29, 0.717) is 0 Å². The van der Waals surface area contributed by atoms with E-state index in [2.05, 4.69) is 17.1 Å². The molecule has 0 aromatic heterocycles. The first-order chi connectivity index (χ1) is 8.86. The van der Waals surface area contributed by atoms with E-state index in [9.17, 15) is 0 Å². The van der Waals surface area contributed by atoms with Crippen LogP contribution in [-0.4, -0.2) is 50.3 Å². The van der Waals surface area contributed by atoms with Gasteiger partial charge in [-0.1, -0.05) is 19.3 Å². The fourth-order valence-electron chi connectivity index (χ4n) is 3.26. The third-order valence-corrected chi connectivity index (χ3v) is 4.58. The molecule has 106 valence electrons. The van der Waals surface area contributed by atoms with Gasteiger partial charge in [0.2, 0.25) is 0 Å². The maximum absolute atomic E-state index is 5.37. The summed E-state index contributed by atoms with van der Waals surface area (Å²) in [6, 6.07) is 0.718. The van der Waals surface area contributed by atoms with Crippen LogP contribution in [0.2, 0.25) is 0 Å². The molecule has 1 aliphatic heterocycles. The van der Waals surface area contributed by atoms with Gasteiger partial charge in [-0.05, 0) is 45.2 Å². The normalized spacial score (nSPS) is 25.2. The Morgan fingerprint density at radius 2 is 1.89 bits per heavy atom. The number of nitrogens with one attached hydrogen (secondary N) is 1. The Kier molecular flexibility index (Phi) is 6.46. The van der Waals surface area contributed by atoms with Crippen molar-refractivity contribution < 1.29 is 4.74 Å². The highest BCUT2D eigenvalue weighted by atomic mass is 16.5. The highest BCUT2D eigenvalue weighted by Gasteiger charge is 2.19. The van der Waals surface area contributed by atoms with Gasteiger partial charge in [0.05, 0.1) is 13.2 Å². The Balaban J connectivity index is 1.51. The quantitative estimate of drug-likeness (QED) is 0.736. The number of hydrogen-bond acceptors (Lipinski definition) is 3. The smallest absolute Gasteiger partial charge is 0.0594 e. The second kappa shape index (κ2) is 8.13. The summed E-state index contributed by atoms with van der Waals surface area (Å²) in [4.78, 5) is 2.52. The monoisotopic (exact) mass is 254 g/mol. The number of rotatable bonds is 6. The average Bonchev–Trinajstić information content (AvgIpc) is 2.45. The number of ether oxygens (including phenoxy) is 1. The molecule has 1 heterocycles. The summed E-state index contributed by atoms with van der Waals surface area (Å²) < 4.78 is 5.37. The van der Waals surface area contributed by atoms with Crippen LogP contribution in [0.15, 0.2) is 0 Å². The molecule has 1 atom stereocenters. The molecule has 1 saturated heterocycles. The Labute approximate surface area is 112 Å². The Hall–Kier alpha value is -0.120. The van der Waals surface area contributed by atoms with E-state index in [1.807, 2.05) is 0 Å². The van der Waals surface area contributed by atoms with Gasteiger partial charge in [0.1, 0.15) is 0 Å². The molecular weight excluding hydrogens is 224 g/mol. The standard InChI is InChI=1S/C15H30N2O/c1-14(15-6-3-2-4-7-15)16-8-5-9-17-10-12-18-13-11-17/h14-16H,2-13H2,1H3. The van der Waals surface area contributed by atoms with E-state index >= 15 is 0 Å². The van der Waals surface area contributed by atoms with Crippen LogP contribution in [0.5, 0.6) is 0 Å². The Morgan fingerprint density at radius 3 is 2.61 bits per heavy atom. The van der Waals surface area contributed by atoms with Crippen LogP contribution in [0.3, 0.4) is 0 Å². The Morgan fingerprint density at radius 1 is 1.17 bits per heavy atom. The summed E-state index contributed by atoms with van der Waals surface area (Å²) in [5.74, 6) is 0.933. The minimum Gasteiger partial charge on any atom is -0.379 e. The zero-order valence-corrected chi connectivity index (χ0v) is 12.0.